The Labute approximate surface area is 96.8 Å². The molecule has 0 heterocycles. The molecule has 0 fully saturated rings. The van der Waals surface area contributed by atoms with E-state index in [1.807, 2.05) is 45.0 Å². The molecule has 16 heavy (non-hydrogen) atoms. The van der Waals surface area contributed by atoms with Gasteiger partial charge in [-0.3, -0.25) is 5.32 Å². The molecule has 0 spiro atoms. The molecule has 0 aliphatic carbocycles. The van der Waals surface area contributed by atoms with Crippen molar-refractivity contribution in [3.05, 3.63) is 35.4 Å². The Morgan fingerprint density at radius 3 is 2.44 bits per heavy atom. The minimum atomic E-state index is -0.383. The van der Waals surface area contributed by atoms with Gasteiger partial charge in [-0.05, 0) is 31.9 Å². The van der Waals surface area contributed by atoms with Crippen LogP contribution in [-0.2, 0) is 9.53 Å². The molecule has 0 aliphatic heterocycles. The maximum Gasteiger partial charge on any atom is 0.327 e. The summed E-state index contributed by atoms with van der Waals surface area (Å²) in [5.41, 5.74) is 2.06. The van der Waals surface area contributed by atoms with Crippen molar-refractivity contribution in [1.82, 2.24) is 5.32 Å². The summed E-state index contributed by atoms with van der Waals surface area (Å²) in [5, 5.41) is 3.21. The van der Waals surface area contributed by atoms with E-state index in [0.29, 0.717) is 0 Å². The third-order valence-electron chi connectivity index (χ3n) is 2.44. The van der Waals surface area contributed by atoms with Crippen molar-refractivity contribution in [2.45, 2.75) is 32.9 Å². The number of aryl methyl sites for hydroxylation is 1. The van der Waals surface area contributed by atoms with Gasteiger partial charge >= 0.3 is 5.97 Å². The van der Waals surface area contributed by atoms with Crippen molar-refractivity contribution in [1.29, 1.82) is 0 Å². The normalized spacial score (nSPS) is 12.6. The first-order chi connectivity index (χ1) is 7.56. The van der Waals surface area contributed by atoms with Gasteiger partial charge in [0.15, 0.2) is 0 Å². The summed E-state index contributed by atoms with van der Waals surface area (Å²) in [4.78, 5) is 11.7. The highest BCUT2D eigenvalue weighted by molar-refractivity contribution is 5.78. The Balaban J connectivity index is 3.01. The molecule has 3 nitrogen and oxygen atoms in total. The molecule has 88 valence electrons. The standard InChI is InChI=1S/C13H19NO2/c1-9(2)14-12(13(15)16-4)11-8-6-5-7-10(11)3/h5-9,12,14H,1-4H3. The first-order valence-electron chi connectivity index (χ1n) is 5.45. The second-order valence-electron chi connectivity index (χ2n) is 4.13. The molecule has 1 aromatic carbocycles. The minimum Gasteiger partial charge on any atom is -0.468 e. The molecule has 3 heteroatoms. The average Bonchev–Trinajstić information content (AvgIpc) is 2.26. The van der Waals surface area contributed by atoms with E-state index >= 15 is 0 Å². The first kappa shape index (κ1) is 12.7. The van der Waals surface area contributed by atoms with Crippen molar-refractivity contribution in [3.63, 3.8) is 0 Å². The summed E-state index contributed by atoms with van der Waals surface area (Å²) < 4.78 is 4.82. The lowest BCUT2D eigenvalue weighted by Gasteiger charge is -2.20. The van der Waals surface area contributed by atoms with Crippen molar-refractivity contribution in [2.75, 3.05) is 7.11 Å². The van der Waals surface area contributed by atoms with Gasteiger partial charge in [-0.25, -0.2) is 4.79 Å². The Bertz CT molecular complexity index is 361. The van der Waals surface area contributed by atoms with Crippen LogP contribution in [0.5, 0.6) is 0 Å². The van der Waals surface area contributed by atoms with Gasteiger partial charge in [0, 0.05) is 6.04 Å². The molecule has 0 radical (unpaired) electrons. The summed E-state index contributed by atoms with van der Waals surface area (Å²) in [6.07, 6.45) is 0. The van der Waals surface area contributed by atoms with Crippen LogP contribution in [0.2, 0.25) is 0 Å². The molecule has 1 atom stereocenters. The number of methoxy groups -OCH3 is 1. The topological polar surface area (TPSA) is 38.3 Å². The molecule has 1 unspecified atom stereocenters. The number of nitrogens with one attached hydrogen (secondary N) is 1. The lowest BCUT2D eigenvalue weighted by atomic mass is 10.0. The Hall–Kier alpha value is -1.35. The van der Waals surface area contributed by atoms with E-state index in [1.165, 1.54) is 7.11 Å². The maximum atomic E-state index is 11.7. The molecule has 1 aromatic rings. The van der Waals surface area contributed by atoms with Crippen LogP contribution in [0.15, 0.2) is 24.3 Å². The van der Waals surface area contributed by atoms with Crippen LogP contribution < -0.4 is 5.32 Å². The van der Waals surface area contributed by atoms with Crippen LogP contribution in [0.1, 0.15) is 31.0 Å². The fourth-order valence-corrected chi connectivity index (χ4v) is 1.65. The summed E-state index contributed by atoms with van der Waals surface area (Å²) in [6, 6.07) is 7.68. The molecule has 0 aliphatic rings. The highest BCUT2D eigenvalue weighted by atomic mass is 16.5. The van der Waals surface area contributed by atoms with Crippen molar-refractivity contribution >= 4 is 5.97 Å². The maximum absolute atomic E-state index is 11.7. The van der Waals surface area contributed by atoms with E-state index < -0.39 is 0 Å². The average molecular weight is 221 g/mol. The first-order valence-corrected chi connectivity index (χ1v) is 5.45. The molecular formula is C13H19NO2. The van der Waals surface area contributed by atoms with Gasteiger partial charge in [-0.15, -0.1) is 0 Å². The zero-order valence-electron chi connectivity index (χ0n) is 10.3. The predicted octanol–water partition coefficient (Wildman–Crippen LogP) is 2.21. The Kier molecular flexibility index (Phi) is 4.50. The van der Waals surface area contributed by atoms with E-state index in [4.69, 9.17) is 4.74 Å². The lowest BCUT2D eigenvalue weighted by Crippen LogP contribution is -2.34. The van der Waals surface area contributed by atoms with Crippen LogP contribution >= 0.6 is 0 Å². The SMILES string of the molecule is COC(=O)C(NC(C)C)c1ccccc1C. The van der Waals surface area contributed by atoms with E-state index in [2.05, 4.69) is 5.32 Å². The number of carbonyl (C=O) groups is 1. The molecule has 1 rings (SSSR count). The fourth-order valence-electron chi connectivity index (χ4n) is 1.65. The van der Waals surface area contributed by atoms with E-state index in [-0.39, 0.29) is 18.1 Å². The third-order valence-corrected chi connectivity index (χ3v) is 2.44. The number of hydrogen-bond acceptors (Lipinski definition) is 3. The third kappa shape index (κ3) is 3.07. The Morgan fingerprint density at radius 1 is 1.31 bits per heavy atom. The fraction of sp³-hybridized carbons (Fsp3) is 0.462. The van der Waals surface area contributed by atoms with E-state index in [1.54, 1.807) is 0 Å². The largest absolute Gasteiger partial charge is 0.468 e. The molecule has 0 bridgehead atoms. The molecule has 0 aromatic heterocycles. The molecule has 0 saturated heterocycles. The van der Waals surface area contributed by atoms with Crippen LogP contribution in [0, 0.1) is 6.92 Å². The molecule has 0 saturated carbocycles. The van der Waals surface area contributed by atoms with Crippen LogP contribution in [0.25, 0.3) is 0 Å². The Morgan fingerprint density at radius 2 is 1.94 bits per heavy atom. The summed E-state index contributed by atoms with van der Waals surface area (Å²) in [5.74, 6) is -0.247. The highest BCUT2D eigenvalue weighted by Gasteiger charge is 2.22. The van der Waals surface area contributed by atoms with Crippen LogP contribution in [-0.4, -0.2) is 19.1 Å². The van der Waals surface area contributed by atoms with Crippen molar-refractivity contribution < 1.29 is 9.53 Å². The van der Waals surface area contributed by atoms with Gasteiger partial charge < -0.3 is 4.74 Å². The number of esters is 1. The van der Waals surface area contributed by atoms with Crippen molar-refractivity contribution in [2.24, 2.45) is 0 Å². The van der Waals surface area contributed by atoms with Gasteiger partial charge in [0.1, 0.15) is 6.04 Å². The monoisotopic (exact) mass is 221 g/mol. The van der Waals surface area contributed by atoms with Crippen LogP contribution in [0.3, 0.4) is 0 Å². The molecule has 0 amide bonds. The summed E-state index contributed by atoms with van der Waals surface area (Å²) >= 11 is 0. The second kappa shape index (κ2) is 5.66. The van der Waals surface area contributed by atoms with Gasteiger partial charge in [-0.1, -0.05) is 24.3 Å². The number of ether oxygens (including phenoxy) is 1. The summed E-state index contributed by atoms with van der Waals surface area (Å²) in [7, 11) is 1.41. The molecule has 1 N–H and O–H groups in total. The molecular weight excluding hydrogens is 202 g/mol. The zero-order valence-corrected chi connectivity index (χ0v) is 10.3. The van der Waals surface area contributed by atoms with Crippen LogP contribution in [0.4, 0.5) is 0 Å². The number of hydrogen-bond donors (Lipinski definition) is 1. The van der Waals surface area contributed by atoms with Gasteiger partial charge in [0.05, 0.1) is 7.11 Å². The predicted molar refractivity (Wildman–Crippen MR) is 64.2 cm³/mol. The quantitative estimate of drug-likeness (QED) is 0.792. The van der Waals surface area contributed by atoms with E-state index in [9.17, 15) is 4.79 Å². The number of rotatable bonds is 4. The number of benzene rings is 1. The van der Waals surface area contributed by atoms with E-state index in [0.717, 1.165) is 11.1 Å². The van der Waals surface area contributed by atoms with Gasteiger partial charge in [-0.2, -0.15) is 0 Å². The smallest absolute Gasteiger partial charge is 0.327 e. The van der Waals surface area contributed by atoms with Gasteiger partial charge in [0.2, 0.25) is 0 Å². The van der Waals surface area contributed by atoms with Crippen molar-refractivity contribution in [3.8, 4) is 0 Å². The zero-order chi connectivity index (χ0) is 12.1. The number of carbonyl (C=O) groups excluding carboxylic acids is 1. The second-order valence-corrected chi connectivity index (χ2v) is 4.13. The van der Waals surface area contributed by atoms with Gasteiger partial charge in [0.25, 0.3) is 0 Å². The summed E-state index contributed by atoms with van der Waals surface area (Å²) in [6.45, 7) is 6.01. The lowest BCUT2D eigenvalue weighted by molar-refractivity contribution is -0.143. The highest BCUT2D eigenvalue weighted by Crippen LogP contribution is 2.19. The minimum absolute atomic E-state index is 0.226.